The van der Waals surface area contributed by atoms with Crippen molar-refractivity contribution in [3.05, 3.63) is 65.8 Å². The molecule has 0 saturated heterocycles. The summed E-state index contributed by atoms with van der Waals surface area (Å²) in [6, 6.07) is 11.6. The van der Waals surface area contributed by atoms with Crippen molar-refractivity contribution in [2.24, 2.45) is 0 Å². The van der Waals surface area contributed by atoms with E-state index < -0.39 is 0 Å². The molecule has 3 aromatic rings. The van der Waals surface area contributed by atoms with E-state index in [0.29, 0.717) is 5.69 Å². The molecule has 18 heavy (non-hydrogen) atoms. The second kappa shape index (κ2) is 4.01. The second-order valence-electron chi connectivity index (χ2n) is 4.21. The van der Waals surface area contributed by atoms with Gasteiger partial charge in [0.25, 0.3) is 0 Å². The monoisotopic (exact) mass is 233 g/mol. The first-order chi connectivity index (χ1) is 8.78. The minimum Gasteiger partial charge on any atom is -0.306 e. The Labute approximate surface area is 105 Å². The van der Waals surface area contributed by atoms with Crippen molar-refractivity contribution in [1.82, 2.24) is 9.38 Å². The number of aryl methyl sites for hydroxylation is 1. The van der Waals surface area contributed by atoms with Gasteiger partial charge < -0.3 is 4.40 Å². The molecule has 3 rings (SSSR count). The van der Waals surface area contributed by atoms with Crippen LogP contribution in [0.25, 0.3) is 21.7 Å². The van der Waals surface area contributed by atoms with E-state index in [-0.39, 0.29) is 0 Å². The summed E-state index contributed by atoms with van der Waals surface area (Å²) in [4.78, 5) is 8.06. The number of imidazole rings is 1. The predicted octanol–water partition coefficient (Wildman–Crippen LogP) is 3.86. The van der Waals surface area contributed by atoms with Crippen LogP contribution in [0.3, 0.4) is 0 Å². The van der Waals surface area contributed by atoms with Gasteiger partial charge in [-0.1, -0.05) is 24.3 Å². The van der Waals surface area contributed by atoms with Crippen LogP contribution in [0.1, 0.15) is 5.56 Å². The summed E-state index contributed by atoms with van der Waals surface area (Å²) in [5.74, 6) is 0. The van der Waals surface area contributed by atoms with Crippen LogP contribution in [-0.2, 0) is 0 Å². The van der Waals surface area contributed by atoms with E-state index in [9.17, 15) is 0 Å². The zero-order valence-corrected chi connectivity index (χ0v) is 9.96. The van der Waals surface area contributed by atoms with Gasteiger partial charge in [-0.2, -0.15) is 0 Å². The molecule has 0 aliphatic carbocycles. The first kappa shape index (κ1) is 10.5. The summed E-state index contributed by atoms with van der Waals surface area (Å²) >= 11 is 0. The number of hydrogen-bond donors (Lipinski definition) is 0. The Hall–Kier alpha value is -2.60. The Morgan fingerprint density at radius 2 is 2.11 bits per heavy atom. The molecule has 0 amide bonds. The van der Waals surface area contributed by atoms with Crippen LogP contribution in [0.2, 0.25) is 0 Å². The molecule has 0 spiro atoms. The summed E-state index contributed by atoms with van der Waals surface area (Å²) in [6.45, 7) is 9.09. The van der Waals surface area contributed by atoms with Crippen molar-refractivity contribution in [3.8, 4) is 11.3 Å². The topological polar surface area (TPSA) is 21.7 Å². The number of pyridine rings is 1. The van der Waals surface area contributed by atoms with E-state index in [1.54, 1.807) is 6.07 Å². The van der Waals surface area contributed by atoms with Gasteiger partial charge in [0.05, 0.1) is 12.3 Å². The van der Waals surface area contributed by atoms with Crippen molar-refractivity contribution in [1.29, 1.82) is 0 Å². The summed E-state index contributed by atoms with van der Waals surface area (Å²) in [5, 5.41) is 0. The molecule has 2 heterocycles. The lowest BCUT2D eigenvalue weighted by Gasteiger charge is -1.95. The van der Waals surface area contributed by atoms with Crippen molar-refractivity contribution < 1.29 is 0 Å². The minimum absolute atomic E-state index is 0.640. The highest BCUT2D eigenvalue weighted by Crippen LogP contribution is 2.24. The molecule has 0 aliphatic heterocycles. The first-order valence-electron chi connectivity index (χ1n) is 5.70. The molecule has 0 N–H and O–H groups in total. The molecule has 1 aromatic carbocycles. The van der Waals surface area contributed by atoms with Gasteiger partial charge in [0, 0.05) is 12.4 Å². The highest BCUT2D eigenvalue weighted by atomic mass is 15.0. The second-order valence-corrected chi connectivity index (χ2v) is 4.21. The van der Waals surface area contributed by atoms with E-state index >= 15 is 0 Å². The van der Waals surface area contributed by atoms with Gasteiger partial charge in [0.2, 0.25) is 0 Å². The Morgan fingerprint density at radius 3 is 2.89 bits per heavy atom. The SMILES string of the molecule is [C-]#[N+]c1cccc(-c2cn3cccc(C)c3n2)c1. The molecule has 3 heteroatoms. The fourth-order valence-electron chi connectivity index (χ4n) is 2.03. The Bertz CT molecular complexity index is 763. The highest BCUT2D eigenvalue weighted by molar-refractivity contribution is 5.68. The number of aromatic nitrogens is 2. The summed E-state index contributed by atoms with van der Waals surface area (Å²) in [5.41, 5.74) is 4.62. The zero-order valence-electron chi connectivity index (χ0n) is 9.96. The number of rotatable bonds is 1. The standard InChI is InChI=1S/C15H11N3/c1-11-5-4-8-18-10-14(17-15(11)18)12-6-3-7-13(9-12)16-2/h3-10H,1H3. The van der Waals surface area contributed by atoms with Crippen molar-refractivity contribution >= 4 is 11.3 Å². The average Bonchev–Trinajstić information content (AvgIpc) is 2.84. The van der Waals surface area contributed by atoms with Gasteiger partial charge in [-0.05, 0) is 30.2 Å². The molecule has 2 aromatic heterocycles. The third-order valence-corrected chi connectivity index (χ3v) is 2.95. The fraction of sp³-hybridized carbons (Fsp3) is 0.0667. The zero-order chi connectivity index (χ0) is 12.5. The molecule has 3 nitrogen and oxygen atoms in total. The predicted molar refractivity (Wildman–Crippen MR) is 71.6 cm³/mol. The van der Waals surface area contributed by atoms with Crippen LogP contribution >= 0.6 is 0 Å². The molecule has 0 bridgehead atoms. The highest BCUT2D eigenvalue weighted by Gasteiger charge is 2.06. The fourth-order valence-corrected chi connectivity index (χ4v) is 2.03. The van der Waals surface area contributed by atoms with Crippen molar-refractivity contribution in [2.75, 3.05) is 0 Å². The normalized spacial score (nSPS) is 10.4. The van der Waals surface area contributed by atoms with E-state index in [4.69, 9.17) is 6.57 Å². The van der Waals surface area contributed by atoms with Gasteiger partial charge in [-0.15, -0.1) is 0 Å². The smallest absolute Gasteiger partial charge is 0.187 e. The van der Waals surface area contributed by atoms with Gasteiger partial charge in [0.15, 0.2) is 5.69 Å². The maximum absolute atomic E-state index is 7.04. The lowest BCUT2D eigenvalue weighted by atomic mass is 10.1. The van der Waals surface area contributed by atoms with E-state index in [0.717, 1.165) is 22.5 Å². The Morgan fingerprint density at radius 1 is 1.22 bits per heavy atom. The number of hydrogen-bond acceptors (Lipinski definition) is 1. The van der Waals surface area contributed by atoms with E-state index in [2.05, 4.69) is 9.83 Å². The lowest BCUT2D eigenvalue weighted by Crippen LogP contribution is -1.83. The third-order valence-electron chi connectivity index (χ3n) is 2.95. The van der Waals surface area contributed by atoms with Crippen LogP contribution < -0.4 is 0 Å². The van der Waals surface area contributed by atoms with Crippen LogP contribution in [0.4, 0.5) is 5.69 Å². The Kier molecular flexibility index (Phi) is 2.35. The molecule has 0 radical (unpaired) electrons. The number of benzene rings is 1. The molecule has 0 saturated carbocycles. The number of fused-ring (bicyclic) bond motifs is 1. The molecule has 0 fully saturated rings. The van der Waals surface area contributed by atoms with E-state index in [1.807, 2.05) is 54.0 Å². The molecule has 86 valence electrons. The summed E-state index contributed by atoms with van der Waals surface area (Å²) in [6.07, 6.45) is 3.98. The molecule has 0 aliphatic rings. The summed E-state index contributed by atoms with van der Waals surface area (Å²) in [7, 11) is 0. The molecular weight excluding hydrogens is 222 g/mol. The molecular formula is C15H11N3. The Balaban J connectivity index is 2.20. The van der Waals surface area contributed by atoms with Crippen molar-refractivity contribution in [3.63, 3.8) is 0 Å². The van der Waals surface area contributed by atoms with Gasteiger partial charge in [-0.25, -0.2) is 9.83 Å². The average molecular weight is 233 g/mol. The maximum atomic E-state index is 7.04. The van der Waals surface area contributed by atoms with Gasteiger partial charge >= 0.3 is 0 Å². The van der Waals surface area contributed by atoms with Crippen molar-refractivity contribution in [2.45, 2.75) is 6.92 Å². The largest absolute Gasteiger partial charge is 0.306 e. The van der Waals surface area contributed by atoms with Crippen LogP contribution in [-0.4, -0.2) is 9.38 Å². The van der Waals surface area contributed by atoms with Gasteiger partial charge in [0.1, 0.15) is 5.65 Å². The first-order valence-corrected chi connectivity index (χ1v) is 5.70. The summed E-state index contributed by atoms with van der Waals surface area (Å²) < 4.78 is 2.01. The van der Waals surface area contributed by atoms with Gasteiger partial charge in [-0.3, -0.25) is 0 Å². The minimum atomic E-state index is 0.640. The van der Waals surface area contributed by atoms with Crippen LogP contribution in [0, 0.1) is 13.5 Å². The van der Waals surface area contributed by atoms with Crippen LogP contribution in [0.15, 0.2) is 48.8 Å². The van der Waals surface area contributed by atoms with E-state index in [1.165, 1.54) is 0 Å². The third kappa shape index (κ3) is 1.64. The number of nitrogens with zero attached hydrogens (tertiary/aromatic N) is 3. The van der Waals surface area contributed by atoms with Crippen LogP contribution in [0.5, 0.6) is 0 Å². The molecule has 0 unspecified atom stereocenters. The maximum Gasteiger partial charge on any atom is 0.187 e. The quantitative estimate of drug-likeness (QED) is 0.585. The lowest BCUT2D eigenvalue weighted by molar-refractivity contribution is 1.16. The molecule has 0 atom stereocenters.